The van der Waals surface area contributed by atoms with E-state index in [0.29, 0.717) is 33.0 Å². The van der Waals surface area contributed by atoms with Crippen LogP contribution in [0.1, 0.15) is 0 Å². The summed E-state index contributed by atoms with van der Waals surface area (Å²) in [6.45, 7) is 6.29. The van der Waals surface area contributed by atoms with E-state index in [2.05, 4.69) is 6.92 Å². The Balaban J connectivity index is 3.11. The van der Waals surface area contributed by atoms with Crippen molar-refractivity contribution in [1.82, 2.24) is 4.90 Å². The lowest BCUT2D eigenvalue weighted by Gasteiger charge is -2.16. The van der Waals surface area contributed by atoms with Gasteiger partial charge in [-0.15, -0.1) is 0 Å². The third-order valence-electron chi connectivity index (χ3n) is 1.50. The molecule has 3 N–H and O–H groups in total. The Morgan fingerprint density at radius 3 is 2.54 bits per heavy atom. The molecule has 0 atom stereocenters. The van der Waals surface area contributed by atoms with Crippen LogP contribution in [0.2, 0.25) is 0 Å². The maximum Gasteiger partial charge on any atom is 0.188 e. The molecule has 0 aromatic heterocycles. The minimum absolute atomic E-state index is 0.0533. The summed E-state index contributed by atoms with van der Waals surface area (Å²) in [5, 5.41) is 7.06. The van der Waals surface area contributed by atoms with E-state index in [1.807, 2.05) is 0 Å². The van der Waals surface area contributed by atoms with E-state index in [1.165, 1.54) is 0 Å². The van der Waals surface area contributed by atoms with Crippen molar-refractivity contribution in [2.24, 2.45) is 5.73 Å². The first kappa shape index (κ1) is 12.2. The molecule has 0 aliphatic rings. The normalized spacial score (nSPS) is 10.0. The van der Waals surface area contributed by atoms with Gasteiger partial charge >= 0.3 is 0 Å². The summed E-state index contributed by atoms with van der Waals surface area (Å²) >= 11 is 0. The number of rotatable bonds is 7. The average molecular weight is 188 g/mol. The smallest absolute Gasteiger partial charge is 0.188 e. The van der Waals surface area contributed by atoms with Crippen LogP contribution < -0.4 is 5.73 Å². The van der Waals surface area contributed by atoms with E-state index in [4.69, 9.17) is 20.6 Å². The van der Waals surface area contributed by atoms with Gasteiger partial charge in [0.05, 0.1) is 19.8 Å². The van der Waals surface area contributed by atoms with Crippen molar-refractivity contribution in [2.75, 3.05) is 40.0 Å². The fourth-order valence-corrected chi connectivity index (χ4v) is 0.644. The van der Waals surface area contributed by atoms with Crippen molar-refractivity contribution in [1.29, 1.82) is 5.41 Å². The van der Waals surface area contributed by atoms with Crippen LogP contribution in [0.4, 0.5) is 0 Å². The van der Waals surface area contributed by atoms with Crippen LogP contribution in [0.5, 0.6) is 0 Å². The molecular weight excluding hydrogens is 170 g/mol. The van der Waals surface area contributed by atoms with E-state index >= 15 is 0 Å². The van der Waals surface area contributed by atoms with Gasteiger partial charge in [-0.1, -0.05) is 0 Å². The van der Waals surface area contributed by atoms with Gasteiger partial charge in [-0.25, -0.2) is 0 Å². The highest BCUT2D eigenvalue weighted by molar-refractivity contribution is 5.74. The minimum atomic E-state index is 0.0533. The van der Waals surface area contributed by atoms with Crippen LogP contribution in [-0.2, 0) is 9.47 Å². The fourth-order valence-electron chi connectivity index (χ4n) is 0.644. The zero-order valence-corrected chi connectivity index (χ0v) is 8.08. The van der Waals surface area contributed by atoms with Crippen LogP contribution in [0.15, 0.2) is 0 Å². The van der Waals surface area contributed by atoms with Crippen molar-refractivity contribution in [3.05, 3.63) is 6.92 Å². The molecule has 5 heteroatoms. The molecule has 5 nitrogen and oxygen atoms in total. The largest absolute Gasteiger partial charge is 0.379 e. The molecule has 0 bridgehead atoms. The van der Waals surface area contributed by atoms with Crippen LogP contribution in [0.3, 0.4) is 0 Å². The van der Waals surface area contributed by atoms with Gasteiger partial charge in [0, 0.05) is 20.2 Å². The van der Waals surface area contributed by atoms with Gasteiger partial charge in [-0.3, -0.25) is 5.41 Å². The first-order valence-corrected chi connectivity index (χ1v) is 4.18. The molecule has 0 saturated heterocycles. The van der Waals surface area contributed by atoms with Gasteiger partial charge in [0.15, 0.2) is 5.96 Å². The number of nitrogens with two attached hydrogens (primary N) is 1. The highest BCUT2D eigenvalue weighted by atomic mass is 16.5. The van der Waals surface area contributed by atoms with Gasteiger partial charge in [-0.05, 0) is 6.92 Å². The maximum absolute atomic E-state index is 7.06. The van der Waals surface area contributed by atoms with Crippen molar-refractivity contribution >= 4 is 5.96 Å². The molecule has 0 rings (SSSR count). The zero-order chi connectivity index (χ0) is 10.1. The fraction of sp³-hybridized carbons (Fsp3) is 0.750. The number of nitrogens with one attached hydrogen (secondary N) is 1. The lowest BCUT2D eigenvalue weighted by molar-refractivity contribution is 0.0544. The van der Waals surface area contributed by atoms with Gasteiger partial charge < -0.3 is 20.1 Å². The molecule has 0 aliphatic carbocycles. The second kappa shape index (κ2) is 7.82. The predicted molar refractivity (Wildman–Crippen MR) is 51.5 cm³/mol. The SMILES string of the molecule is [CH2]COCCOCCN(C)C(=N)N. The van der Waals surface area contributed by atoms with Crippen molar-refractivity contribution < 1.29 is 9.47 Å². The number of ether oxygens (including phenoxy) is 2. The molecule has 0 saturated carbocycles. The highest BCUT2D eigenvalue weighted by Crippen LogP contribution is 1.82. The number of likely N-dealkylation sites (N-methyl/N-ethyl adjacent to an activating group) is 1. The van der Waals surface area contributed by atoms with Crippen molar-refractivity contribution in [3.8, 4) is 0 Å². The van der Waals surface area contributed by atoms with E-state index in [-0.39, 0.29) is 5.96 Å². The molecule has 0 amide bonds. The Bertz CT molecular complexity index is 141. The third-order valence-corrected chi connectivity index (χ3v) is 1.50. The second-order valence-corrected chi connectivity index (χ2v) is 2.53. The molecule has 0 unspecified atom stereocenters. The van der Waals surface area contributed by atoms with E-state index in [0.717, 1.165) is 0 Å². The van der Waals surface area contributed by atoms with E-state index in [1.54, 1.807) is 11.9 Å². The van der Waals surface area contributed by atoms with Crippen LogP contribution in [-0.4, -0.2) is 50.9 Å². The number of nitrogens with zero attached hydrogens (tertiary/aromatic N) is 1. The second-order valence-electron chi connectivity index (χ2n) is 2.53. The molecule has 1 radical (unpaired) electrons. The van der Waals surface area contributed by atoms with E-state index in [9.17, 15) is 0 Å². The highest BCUT2D eigenvalue weighted by Gasteiger charge is 1.97. The third kappa shape index (κ3) is 7.55. The molecule has 0 fully saturated rings. The van der Waals surface area contributed by atoms with Gasteiger partial charge in [0.1, 0.15) is 0 Å². The molecule has 0 spiro atoms. The van der Waals surface area contributed by atoms with Gasteiger partial charge in [0.2, 0.25) is 0 Å². The Kier molecular flexibility index (Phi) is 7.33. The Labute approximate surface area is 79.3 Å². The van der Waals surface area contributed by atoms with Crippen LogP contribution in [0, 0.1) is 12.3 Å². The first-order valence-electron chi connectivity index (χ1n) is 4.18. The summed E-state index contributed by atoms with van der Waals surface area (Å²) in [6, 6.07) is 0. The Hall–Kier alpha value is -0.810. The standard InChI is InChI=1S/C8H18N3O2/c1-3-12-6-7-13-5-4-11(2)8(9)10/h1,3-7H2,2H3,(H3,9,10). The van der Waals surface area contributed by atoms with Crippen molar-refractivity contribution in [2.45, 2.75) is 0 Å². The maximum atomic E-state index is 7.06. The molecular formula is C8H18N3O2. The topological polar surface area (TPSA) is 71.6 Å². The first-order chi connectivity index (χ1) is 6.18. The molecule has 0 aliphatic heterocycles. The Morgan fingerprint density at radius 2 is 2.00 bits per heavy atom. The summed E-state index contributed by atoms with van der Waals surface area (Å²) in [5.74, 6) is 0.0533. The van der Waals surface area contributed by atoms with Gasteiger partial charge in [0.25, 0.3) is 0 Å². The summed E-state index contributed by atoms with van der Waals surface area (Å²) < 4.78 is 10.2. The van der Waals surface area contributed by atoms with Crippen molar-refractivity contribution in [3.63, 3.8) is 0 Å². The zero-order valence-electron chi connectivity index (χ0n) is 8.08. The minimum Gasteiger partial charge on any atom is -0.379 e. The molecule has 13 heavy (non-hydrogen) atoms. The molecule has 0 aromatic carbocycles. The number of hydrogen-bond donors (Lipinski definition) is 2. The van der Waals surface area contributed by atoms with E-state index < -0.39 is 0 Å². The monoisotopic (exact) mass is 188 g/mol. The average Bonchev–Trinajstić information content (AvgIpc) is 2.10. The van der Waals surface area contributed by atoms with Crippen LogP contribution >= 0.6 is 0 Å². The predicted octanol–water partition coefficient (Wildman–Crippen LogP) is -0.321. The molecule has 0 aromatic rings. The summed E-state index contributed by atoms with van der Waals surface area (Å²) in [6.07, 6.45) is 0. The lowest BCUT2D eigenvalue weighted by Crippen LogP contribution is -2.35. The molecule has 0 heterocycles. The Morgan fingerprint density at radius 1 is 1.38 bits per heavy atom. The van der Waals surface area contributed by atoms with Gasteiger partial charge in [-0.2, -0.15) is 0 Å². The van der Waals surface area contributed by atoms with Crippen LogP contribution in [0.25, 0.3) is 0 Å². The number of guanidine groups is 1. The lowest BCUT2D eigenvalue weighted by atomic mass is 10.6. The quantitative estimate of drug-likeness (QED) is 0.326. The summed E-state index contributed by atoms with van der Waals surface area (Å²) in [7, 11) is 1.75. The summed E-state index contributed by atoms with van der Waals surface area (Å²) in [4.78, 5) is 1.61. The molecule has 77 valence electrons. The summed E-state index contributed by atoms with van der Waals surface area (Å²) in [5.41, 5.74) is 5.22. The number of hydrogen-bond acceptors (Lipinski definition) is 3.